The lowest BCUT2D eigenvalue weighted by molar-refractivity contribution is -0.276. The Labute approximate surface area is 199 Å². The molecule has 0 radical (unpaired) electrons. The summed E-state index contributed by atoms with van der Waals surface area (Å²) < 4.78 is 83.5. The van der Waals surface area contributed by atoms with Crippen molar-refractivity contribution in [3.05, 3.63) is 77.6 Å². The third-order valence-electron chi connectivity index (χ3n) is 7.44. The highest BCUT2D eigenvalue weighted by Gasteiger charge is 2.50. The van der Waals surface area contributed by atoms with E-state index < -0.39 is 29.6 Å². The van der Waals surface area contributed by atoms with E-state index >= 15 is 0 Å². The Morgan fingerprint density at radius 2 is 1.23 bits per heavy atom. The maximum absolute atomic E-state index is 14.9. The normalized spacial score (nSPS) is 24.0. The second kappa shape index (κ2) is 8.92. The minimum absolute atomic E-state index is 0.130. The van der Waals surface area contributed by atoms with Crippen LogP contribution in [0.1, 0.15) is 44.1 Å². The zero-order chi connectivity index (χ0) is 24.9. The summed E-state index contributed by atoms with van der Waals surface area (Å²) in [6.07, 6.45) is -0.133. The van der Waals surface area contributed by atoms with E-state index in [2.05, 4.69) is 23.8 Å². The summed E-state index contributed by atoms with van der Waals surface area (Å²) in [4.78, 5) is 0. The summed E-state index contributed by atoms with van der Waals surface area (Å²) in [6.45, 7) is 2.32. The highest BCUT2D eigenvalue weighted by molar-refractivity contribution is 5.71. The SMILES string of the molecule is CC1CCC2C(CC1)C2c1ccc(-c2ccc(-c3cc(F)c(OC(F)(F)F)c(F)c3)c(F)c2)cc1. The molecule has 0 aliphatic heterocycles. The van der Waals surface area contributed by atoms with Crippen molar-refractivity contribution in [2.24, 2.45) is 17.8 Å². The third-order valence-corrected chi connectivity index (χ3v) is 7.44. The minimum atomic E-state index is -5.25. The van der Waals surface area contributed by atoms with Gasteiger partial charge in [-0.25, -0.2) is 13.2 Å². The fourth-order valence-corrected chi connectivity index (χ4v) is 5.58. The highest BCUT2D eigenvalue weighted by atomic mass is 19.4. The number of alkyl halides is 3. The third kappa shape index (κ3) is 4.91. The standard InChI is InChI=1S/C28H24F6O/c1-15-2-9-21-22(10-3-15)26(21)17-6-4-16(5-7-17)18-8-11-20(23(29)12-18)19-13-24(30)27(25(31)14-19)35-28(32,33)34/h4-8,11-15,21-22,26H,2-3,9-10H2,1H3. The van der Waals surface area contributed by atoms with Crippen LogP contribution in [0.5, 0.6) is 5.75 Å². The molecule has 2 saturated carbocycles. The van der Waals surface area contributed by atoms with Gasteiger partial charge >= 0.3 is 6.36 Å². The topological polar surface area (TPSA) is 9.23 Å². The largest absolute Gasteiger partial charge is 0.573 e. The number of ether oxygens (including phenoxy) is 1. The Balaban J connectivity index is 1.34. The van der Waals surface area contributed by atoms with Crippen LogP contribution in [-0.4, -0.2) is 6.36 Å². The molecular formula is C28H24F6O. The van der Waals surface area contributed by atoms with Gasteiger partial charge in [-0.05, 0) is 77.0 Å². The number of halogens is 6. The molecule has 3 aromatic rings. The Kier molecular flexibility index (Phi) is 6.06. The summed E-state index contributed by atoms with van der Waals surface area (Å²) in [6, 6.07) is 13.6. The van der Waals surface area contributed by atoms with Crippen molar-refractivity contribution < 1.29 is 31.1 Å². The van der Waals surface area contributed by atoms with Crippen LogP contribution < -0.4 is 4.74 Å². The highest BCUT2D eigenvalue weighted by Crippen LogP contribution is 2.60. The van der Waals surface area contributed by atoms with Gasteiger partial charge in [-0.15, -0.1) is 13.2 Å². The summed E-state index contributed by atoms with van der Waals surface area (Å²) >= 11 is 0. The van der Waals surface area contributed by atoms with Gasteiger partial charge in [0.05, 0.1) is 0 Å². The van der Waals surface area contributed by atoms with E-state index in [4.69, 9.17) is 0 Å². The molecule has 2 atom stereocenters. The molecule has 0 saturated heterocycles. The second-order valence-corrected chi connectivity index (χ2v) is 9.75. The van der Waals surface area contributed by atoms with Gasteiger partial charge in [-0.2, -0.15) is 0 Å². The molecule has 2 fully saturated rings. The molecule has 0 N–H and O–H groups in total. The van der Waals surface area contributed by atoms with Crippen molar-refractivity contribution in [1.82, 2.24) is 0 Å². The van der Waals surface area contributed by atoms with Crippen LogP contribution in [0.25, 0.3) is 22.3 Å². The molecule has 2 aliphatic carbocycles. The number of benzene rings is 3. The van der Waals surface area contributed by atoms with Crippen LogP contribution in [0.4, 0.5) is 26.3 Å². The van der Waals surface area contributed by atoms with Gasteiger partial charge in [0, 0.05) is 5.56 Å². The van der Waals surface area contributed by atoms with Crippen LogP contribution in [0.2, 0.25) is 0 Å². The average molecular weight is 490 g/mol. The molecule has 184 valence electrons. The van der Waals surface area contributed by atoms with Crippen LogP contribution in [-0.2, 0) is 0 Å². The summed E-state index contributed by atoms with van der Waals surface area (Å²) in [5.41, 5.74) is 2.35. The fraction of sp³-hybridized carbons (Fsp3) is 0.357. The van der Waals surface area contributed by atoms with Crippen LogP contribution in [0.3, 0.4) is 0 Å². The molecule has 3 aromatic carbocycles. The monoisotopic (exact) mass is 490 g/mol. The van der Waals surface area contributed by atoms with Crippen LogP contribution in [0, 0.1) is 35.2 Å². The van der Waals surface area contributed by atoms with E-state index in [0.29, 0.717) is 23.6 Å². The molecule has 2 aliphatic rings. The van der Waals surface area contributed by atoms with Gasteiger partial charge in [0.1, 0.15) is 5.82 Å². The quantitative estimate of drug-likeness (QED) is 0.332. The van der Waals surface area contributed by atoms with E-state index in [-0.39, 0.29) is 11.1 Å². The van der Waals surface area contributed by atoms with Gasteiger partial charge < -0.3 is 4.74 Å². The molecule has 7 heteroatoms. The van der Waals surface area contributed by atoms with Crippen LogP contribution >= 0.6 is 0 Å². The number of hydrogen-bond acceptors (Lipinski definition) is 1. The summed E-state index contributed by atoms with van der Waals surface area (Å²) in [5, 5.41) is 0. The van der Waals surface area contributed by atoms with Crippen LogP contribution in [0.15, 0.2) is 54.6 Å². The Morgan fingerprint density at radius 3 is 1.77 bits per heavy atom. The first-order valence-electron chi connectivity index (χ1n) is 11.8. The summed E-state index contributed by atoms with van der Waals surface area (Å²) in [7, 11) is 0. The molecule has 35 heavy (non-hydrogen) atoms. The summed E-state index contributed by atoms with van der Waals surface area (Å²) in [5.74, 6) is -2.52. The first-order chi connectivity index (χ1) is 16.6. The van der Waals surface area contributed by atoms with Gasteiger partial charge in [0.15, 0.2) is 11.6 Å². The van der Waals surface area contributed by atoms with Gasteiger partial charge in [-0.3, -0.25) is 0 Å². The van der Waals surface area contributed by atoms with Crippen molar-refractivity contribution in [3.8, 4) is 28.0 Å². The first-order valence-corrected chi connectivity index (χ1v) is 11.8. The number of rotatable bonds is 4. The lowest BCUT2D eigenvalue weighted by atomic mass is 9.95. The Bertz CT molecular complexity index is 1200. The van der Waals surface area contributed by atoms with Crippen molar-refractivity contribution in [1.29, 1.82) is 0 Å². The molecule has 0 bridgehead atoms. The average Bonchev–Trinajstić information content (AvgIpc) is 3.53. The molecule has 0 spiro atoms. The van der Waals surface area contributed by atoms with Crippen molar-refractivity contribution in [2.75, 3.05) is 0 Å². The minimum Gasteiger partial charge on any atom is -0.399 e. The zero-order valence-corrected chi connectivity index (χ0v) is 19.0. The maximum Gasteiger partial charge on any atom is 0.573 e. The molecule has 2 unspecified atom stereocenters. The van der Waals surface area contributed by atoms with Crippen molar-refractivity contribution in [3.63, 3.8) is 0 Å². The van der Waals surface area contributed by atoms with E-state index in [1.165, 1.54) is 43.4 Å². The predicted molar refractivity (Wildman–Crippen MR) is 121 cm³/mol. The Morgan fingerprint density at radius 1 is 0.686 bits per heavy atom. The predicted octanol–water partition coefficient (Wildman–Crippen LogP) is 8.88. The molecule has 0 amide bonds. The van der Waals surface area contributed by atoms with Gasteiger partial charge in [0.2, 0.25) is 5.75 Å². The van der Waals surface area contributed by atoms with Gasteiger partial charge in [0.25, 0.3) is 0 Å². The Hall–Kier alpha value is -2.96. The van der Waals surface area contributed by atoms with E-state index in [0.717, 1.165) is 23.3 Å². The molecule has 0 aromatic heterocycles. The fourth-order valence-electron chi connectivity index (χ4n) is 5.58. The van der Waals surface area contributed by atoms with E-state index in [1.807, 2.05) is 12.1 Å². The first kappa shape index (κ1) is 23.8. The van der Waals surface area contributed by atoms with Crippen molar-refractivity contribution >= 4 is 0 Å². The smallest absolute Gasteiger partial charge is 0.399 e. The molecular weight excluding hydrogens is 466 g/mol. The second-order valence-electron chi connectivity index (χ2n) is 9.75. The van der Waals surface area contributed by atoms with Gasteiger partial charge in [-0.1, -0.05) is 56.2 Å². The molecule has 0 heterocycles. The maximum atomic E-state index is 14.9. The number of hydrogen-bond donors (Lipinski definition) is 0. The number of fused-ring (bicyclic) bond motifs is 1. The molecule has 1 nitrogen and oxygen atoms in total. The van der Waals surface area contributed by atoms with E-state index in [1.54, 1.807) is 6.07 Å². The zero-order valence-electron chi connectivity index (χ0n) is 19.0. The lowest BCUT2D eigenvalue weighted by Gasteiger charge is -2.13. The molecule has 5 rings (SSSR count). The van der Waals surface area contributed by atoms with E-state index in [9.17, 15) is 26.3 Å². The van der Waals surface area contributed by atoms with Crippen molar-refractivity contribution in [2.45, 2.75) is 44.9 Å². The lowest BCUT2D eigenvalue weighted by Crippen LogP contribution is -2.19.